The number of carbonyl (C=O) groups is 1. The number of carbonyl (C=O) groups excluding carboxylic acids is 1. The summed E-state index contributed by atoms with van der Waals surface area (Å²) in [6.07, 6.45) is 0.355. The minimum atomic E-state index is -4.51. The van der Waals surface area contributed by atoms with Gasteiger partial charge in [-0.25, -0.2) is 15.0 Å². The fourth-order valence-electron chi connectivity index (χ4n) is 3.22. The van der Waals surface area contributed by atoms with Gasteiger partial charge >= 0.3 is 6.18 Å². The van der Waals surface area contributed by atoms with Gasteiger partial charge in [-0.05, 0) is 12.1 Å². The molecule has 12 heteroatoms. The van der Waals surface area contributed by atoms with Crippen molar-refractivity contribution in [1.82, 2.24) is 25.3 Å². The molecule has 0 radical (unpaired) electrons. The second-order valence-corrected chi connectivity index (χ2v) is 7.26. The van der Waals surface area contributed by atoms with Crippen molar-refractivity contribution in [1.29, 1.82) is 0 Å². The third-order valence-electron chi connectivity index (χ3n) is 4.67. The van der Waals surface area contributed by atoms with E-state index in [-0.39, 0.29) is 28.3 Å². The molecule has 1 aliphatic rings. The maximum Gasteiger partial charge on any atom is 0.405 e. The number of rotatable bonds is 5. The number of nitrogens with zero attached hydrogens (tertiary/aromatic N) is 3. The first kappa shape index (κ1) is 20.4. The molecule has 0 bridgehead atoms. The second-order valence-electron chi connectivity index (χ2n) is 6.83. The van der Waals surface area contributed by atoms with Crippen molar-refractivity contribution in [3.05, 3.63) is 35.7 Å². The summed E-state index contributed by atoms with van der Waals surface area (Å²) in [6, 6.07) is 3.25. The third kappa shape index (κ3) is 4.17. The van der Waals surface area contributed by atoms with Gasteiger partial charge in [-0.2, -0.15) is 13.2 Å². The Kier molecular flexibility index (Phi) is 5.24. The average molecular weight is 445 g/mol. The van der Waals surface area contributed by atoms with E-state index in [1.807, 2.05) is 5.32 Å². The molecule has 1 amide bonds. The molecule has 1 aliphatic heterocycles. The van der Waals surface area contributed by atoms with Crippen molar-refractivity contribution < 1.29 is 25.6 Å². The van der Waals surface area contributed by atoms with Crippen LogP contribution >= 0.6 is 11.6 Å². The maximum absolute atomic E-state index is 12.5. The molecule has 0 spiro atoms. The number of nitrogens with one attached hydrogen (secondary N) is 3. The summed E-state index contributed by atoms with van der Waals surface area (Å²) >= 11 is 6.03. The number of anilines is 1. The zero-order valence-electron chi connectivity index (χ0n) is 15.4. The van der Waals surface area contributed by atoms with Crippen molar-refractivity contribution in [3.8, 4) is 11.4 Å². The monoisotopic (exact) mass is 444 g/mol. The van der Waals surface area contributed by atoms with Crippen LogP contribution in [0.25, 0.3) is 22.4 Å². The molecule has 1 saturated heterocycles. The predicted molar refractivity (Wildman–Crippen MR) is 107 cm³/mol. The maximum atomic E-state index is 12.5. The number of pyridine rings is 1. The molecular formula is C18H20ClF3N6O2. The Balaban J connectivity index is 0.00000181. The summed E-state index contributed by atoms with van der Waals surface area (Å²) < 4.78 is 42.8. The van der Waals surface area contributed by atoms with E-state index < -0.39 is 24.2 Å². The van der Waals surface area contributed by atoms with Gasteiger partial charge in [0.1, 0.15) is 23.5 Å². The van der Waals surface area contributed by atoms with Crippen molar-refractivity contribution in [2.75, 3.05) is 25.1 Å². The minimum Gasteiger partial charge on any atom is -0.378 e. The Hall–Kier alpha value is -2.92. The molecule has 3 aromatic heterocycles. The first-order valence-electron chi connectivity index (χ1n) is 8.93. The molecule has 0 saturated carbocycles. The molecule has 1 unspecified atom stereocenters. The molecule has 3 N–H and O–H groups in total. The number of alkyl halides is 3. The minimum absolute atomic E-state index is 0. The van der Waals surface area contributed by atoms with Crippen molar-refractivity contribution in [2.24, 2.45) is 0 Å². The summed E-state index contributed by atoms with van der Waals surface area (Å²) in [5.41, 5.74) is -0.118. The van der Waals surface area contributed by atoms with E-state index in [0.29, 0.717) is 27.4 Å². The van der Waals surface area contributed by atoms with E-state index in [0.717, 1.165) is 0 Å². The normalized spacial score (nSPS) is 19.2. The van der Waals surface area contributed by atoms with E-state index >= 15 is 0 Å². The lowest BCUT2D eigenvalue weighted by Crippen LogP contribution is -2.54. The Bertz CT molecular complexity index is 1090. The summed E-state index contributed by atoms with van der Waals surface area (Å²) in [7, 11) is 0. The number of hydrogen-bond acceptors (Lipinski definition) is 6. The fourth-order valence-corrected chi connectivity index (χ4v) is 3.37. The molecule has 4 rings (SSSR count). The van der Waals surface area contributed by atoms with E-state index in [4.69, 9.17) is 16.3 Å². The van der Waals surface area contributed by atoms with Gasteiger partial charge in [0, 0.05) is 45.4 Å². The van der Waals surface area contributed by atoms with Crippen molar-refractivity contribution >= 4 is 34.4 Å². The Morgan fingerprint density at radius 2 is 2.23 bits per heavy atom. The topological polar surface area (TPSA) is 105 Å². The molecule has 30 heavy (non-hydrogen) atoms. The van der Waals surface area contributed by atoms with Crippen molar-refractivity contribution in [2.45, 2.75) is 18.1 Å². The van der Waals surface area contributed by atoms with Gasteiger partial charge in [0.05, 0.1) is 11.6 Å². The molecule has 3 aromatic rings. The zero-order chi connectivity index (χ0) is 21.4. The summed E-state index contributed by atoms with van der Waals surface area (Å²) in [4.78, 5) is 28.4. The van der Waals surface area contributed by atoms with Crippen LogP contribution in [0.3, 0.4) is 0 Å². The number of fused-ring (bicyclic) bond motifs is 1. The van der Waals surface area contributed by atoms with Crippen LogP contribution in [0.2, 0.25) is 5.02 Å². The molecule has 0 aromatic carbocycles. The lowest BCUT2D eigenvalue weighted by molar-refractivity contribution is -0.141. The average Bonchev–Trinajstić information content (AvgIpc) is 3.33. The van der Waals surface area contributed by atoms with E-state index in [9.17, 15) is 18.0 Å². The highest BCUT2D eigenvalue weighted by molar-refractivity contribution is 6.31. The van der Waals surface area contributed by atoms with Gasteiger partial charge in [0.2, 0.25) is 5.91 Å². The smallest absolute Gasteiger partial charge is 0.378 e. The van der Waals surface area contributed by atoms with Gasteiger partial charge in [-0.3, -0.25) is 4.79 Å². The molecule has 1 atom stereocenters. The standard InChI is InChI=1S/C18H16ClF3N6O2.2H2/c19-10-5-11-12(7-25-14(11)24-6-10)15-23-3-1-13(27-15)28-17(2-4-30-9-17)16(29)26-8-18(20,21)22;;/h1,3,5-7H,2,4,8-9H2,(H,24,25)(H,26,29)(H,23,27,28);2*1H. The van der Waals surface area contributed by atoms with Gasteiger partial charge in [-0.15, -0.1) is 0 Å². The van der Waals surface area contributed by atoms with Crippen LogP contribution in [0, 0.1) is 0 Å². The first-order chi connectivity index (χ1) is 14.3. The molecule has 1 fully saturated rings. The largest absolute Gasteiger partial charge is 0.405 e. The van der Waals surface area contributed by atoms with Gasteiger partial charge in [-0.1, -0.05) is 11.6 Å². The first-order valence-corrected chi connectivity index (χ1v) is 9.31. The fraction of sp³-hybridized carbons (Fsp3) is 0.333. The Morgan fingerprint density at radius 3 is 2.97 bits per heavy atom. The van der Waals surface area contributed by atoms with Crippen LogP contribution < -0.4 is 10.6 Å². The number of hydrogen-bond donors (Lipinski definition) is 3. The third-order valence-corrected chi connectivity index (χ3v) is 4.87. The highest BCUT2D eigenvalue weighted by Crippen LogP contribution is 2.29. The number of aromatic amines is 1. The van der Waals surface area contributed by atoms with Gasteiger partial charge < -0.3 is 20.4 Å². The van der Waals surface area contributed by atoms with Crippen molar-refractivity contribution in [3.63, 3.8) is 0 Å². The molecule has 0 aliphatic carbocycles. The number of ether oxygens (including phenoxy) is 1. The quantitative estimate of drug-likeness (QED) is 0.557. The number of aromatic nitrogens is 4. The number of H-pyrrole nitrogens is 1. The zero-order valence-corrected chi connectivity index (χ0v) is 16.1. The summed E-state index contributed by atoms with van der Waals surface area (Å²) in [5, 5.41) is 6.02. The van der Waals surface area contributed by atoms with Gasteiger partial charge in [0.15, 0.2) is 5.82 Å². The van der Waals surface area contributed by atoms with Gasteiger partial charge in [0.25, 0.3) is 0 Å². The van der Waals surface area contributed by atoms with Crippen LogP contribution in [0.15, 0.2) is 30.7 Å². The number of halogens is 4. The molecule has 8 nitrogen and oxygen atoms in total. The highest BCUT2D eigenvalue weighted by atomic mass is 35.5. The molecule has 162 valence electrons. The van der Waals surface area contributed by atoms with Crippen LogP contribution in [-0.2, 0) is 9.53 Å². The van der Waals surface area contributed by atoms with Crippen LogP contribution in [0.1, 0.15) is 9.27 Å². The van der Waals surface area contributed by atoms with Crippen LogP contribution in [0.5, 0.6) is 0 Å². The summed E-state index contributed by atoms with van der Waals surface area (Å²) in [5.74, 6) is -0.197. The summed E-state index contributed by atoms with van der Waals surface area (Å²) in [6.45, 7) is -1.27. The molecular weight excluding hydrogens is 425 g/mol. The Morgan fingerprint density at radius 1 is 1.40 bits per heavy atom. The van der Waals surface area contributed by atoms with E-state index in [1.165, 1.54) is 18.5 Å². The predicted octanol–water partition coefficient (Wildman–Crippen LogP) is 3.41. The SMILES string of the molecule is O=C(NCC(F)(F)F)C1(Nc2ccnc(-c3c[nH]c4ncc(Cl)cc34)n2)CCOC1.[HH].[HH]. The van der Waals surface area contributed by atoms with E-state index in [1.54, 1.807) is 12.3 Å². The Labute approximate surface area is 176 Å². The van der Waals surface area contributed by atoms with Crippen LogP contribution in [-0.4, -0.2) is 57.3 Å². The number of amides is 1. The lowest BCUT2D eigenvalue weighted by Gasteiger charge is -2.28. The van der Waals surface area contributed by atoms with E-state index in [2.05, 4.69) is 25.3 Å². The molecule has 4 heterocycles. The van der Waals surface area contributed by atoms with Crippen LogP contribution in [0.4, 0.5) is 19.0 Å². The second kappa shape index (κ2) is 7.73. The lowest BCUT2D eigenvalue weighted by atomic mass is 9.97. The highest BCUT2D eigenvalue weighted by Gasteiger charge is 2.44.